The van der Waals surface area contributed by atoms with Crippen LogP contribution in [0.15, 0.2) is 12.1 Å². The summed E-state index contributed by atoms with van der Waals surface area (Å²) in [6, 6.07) is 4.16. The second kappa shape index (κ2) is 11.0. The van der Waals surface area contributed by atoms with Crippen LogP contribution in [0.5, 0.6) is 5.75 Å². The second-order valence-electron chi connectivity index (χ2n) is 7.68. The Bertz CT molecular complexity index is 747. The largest absolute Gasteiger partial charge is 0.493 e. The predicted octanol–water partition coefficient (Wildman–Crippen LogP) is 2.88. The molecule has 0 bridgehead atoms. The van der Waals surface area contributed by atoms with Crippen LogP contribution in [0, 0.1) is 6.92 Å². The van der Waals surface area contributed by atoms with Crippen molar-refractivity contribution in [3.63, 3.8) is 0 Å². The van der Waals surface area contributed by atoms with Crippen molar-refractivity contribution in [2.75, 3.05) is 64.6 Å². The van der Waals surface area contributed by atoms with Crippen LogP contribution in [0.2, 0.25) is 0 Å². The Kier molecular flexibility index (Phi) is 8.73. The molecular weight excluding hydrogens is 352 g/mol. The van der Waals surface area contributed by atoms with Crippen LogP contribution >= 0.6 is 0 Å². The van der Waals surface area contributed by atoms with Gasteiger partial charge in [-0.15, -0.1) is 0 Å². The molecule has 0 amide bonds. The first-order chi connectivity index (χ1) is 13.4. The third kappa shape index (κ3) is 6.49. The minimum Gasteiger partial charge on any atom is -0.493 e. The fourth-order valence-electron chi connectivity index (χ4n) is 3.02. The van der Waals surface area contributed by atoms with Crippen molar-refractivity contribution in [3.05, 3.63) is 17.7 Å². The highest BCUT2D eigenvalue weighted by atomic mass is 16.5. The molecular formula is C21H36N6O. The first-order valence-electron chi connectivity index (χ1n) is 10.1. The van der Waals surface area contributed by atoms with E-state index in [1.165, 1.54) is 0 Å². The van der Waals surface area contributed by atoms with E-state index >= 15 is 0 Å². The lowest BCUT2D eigenvalue weighted by atomic mass is 10.1. The van der Waals surface area contributed by atoms with Crippen LogP contribution < -0.4 is 20.7 Å². The van der Waals surface area contributed by atoms with Gasteiger partial charge in [0.05, 0.1) is 12.1 Å². The average Bonchev–Trinajstić information content (AvgIpc) is 2.64. The molecule has 0 radical (unpaired) electrons. The van der Waals surface area contributed by atoms with Gasteiger partial charge in [-0.2, -0.15) is 4.98 Å². The molecule has 0 aliphatic heterocycles. The molecule has 0 aliphatic rings. The summed E-state index contributed by atoms with van der Waals surface area (Å²) in [6.45, 7) is 5.38. The number of rotatable bonds is 12. The first kappa shape index (κ1) is 22.2. The Labute approximate surface area is 169 Å². The Morgan fingerprint density at radius 3 is 2.50 bits per heavy atom. The number of nitrogens with two attached hydrogens (primary N) is 1. The number of fused-ring (bicyclic) bond motifs is 1. The van der Waals surface area contributed by atoms with E-state index in [9.17, 15) is 0 Å². The second-order valence-corrected chi connectivity index (χ2v) is 7.68. The van der Waals surface area contributed by atoms with E-state index in [2.05, 4.69) is 37.3 Å². The van der Waals surface area contributed by atoms with Gasteiger partial charge in [0.25, 0.3) is 0 Å². The fraction of sp³-hybridized carbons (Fsp3) is 0.619. The minimum atomic E-state index is 0.660. The number of benzene rings is 1. The summed E-state index contributed by atoms with van der Waals surface area (Å²) in [5, 5.41) is 4.40. The third-order valence-electron chi connectivity index (χ3n) is 4.57. The molecule has 156 valence electrons. The van der Waals surface area contributed by atoms with E-state index in [1.807, 2.05) is 25.1 Å². The van der Waals surface area contributed by atoms with Crippen LogP contribution in [-0.2, 0) is 0 Å². The maximum absolute atomic E-state index is 6.02. The van der Waals surface area contributed by atoms with E-state index < -0.39 is 0 Å². The summed E-state index contributed by atoms with van der Waals surface area (Å²) in [6.07, 6.45) is 4.19. The zero-order valence-corrected chi connectivity index (χ0v) is 18.1. The number of nitrogens with one attached hydrogen (secondary N) is 1. The summed E-state index contributed by atoms with van der Waals surface area (Å²) < 4.78 is 6.02. The summed E-state index contributed by atoms with van der Waals surface area (Å²) in [4.78, 5) is 13.7. The Hall–Kier alpha value is -2.12. The number of ether oxygens (including phenoxy) is 1. The average molecular weight is 389 g/mol. The molecule has 0 fully saturated rings. The molecule has 0 spiro atoms. The van der Waals surface area contributed by atoms with E-state index in [0.717, 1.165) is 73.4 Å². The smallest absolute Gasteiger partial charge is 0.225 e. The van der Waals surface area contributed by atoms with E-state index in [1.54, 1.807) is 0 Å². The van der Waals surface area contributed by atoms with Gasteiger partial charge in [0.15, 0.2) is 0 Å². The number of aryl methyl sites for hydroxylation is 1. The Balaban J connectivity index is 2.19. The highest BCUT2D eigenvalue weighted by molar-refractivity contribution is 5.92. The molecule has 7 nitrogen and oxygen atoms in total. The van der Waals surface area contributed by atoms with Crippen LogP contribution in [0.4, 0.5) is 11.8 Å². The number of anilines is 2. The SMILES string of the molecule is Cc1cc2c(N(C)C)nc(NCCCN(C)C)nc2cc1OCCCCCN. The number of nitrogens with zero attached hydrogens (tertiary/aromatic N) is 4. The molecule has 0 aliphatic carbocycles. The van der Waals surface area contributed by atoms with Crippen LogP contribution in [0.25, 0.3) is 10.9 Å². The molecule has 1 heterocycles. The van der Waals surface area contributed by atoms with Gasteiger partial charge in [-0.05, 0) is 71.4 Å². The first-order valence-corrected chi connectivity index (χ1v) is 10.1. The molecule has 2 aromatic rings. The van der Waals surface area contributed by atoms with Gasteiger partial charge in [0.1, 0.15) is 11.6 Å². The standard InChI is InChI=1S/C21H36N6O/c1-16-14-17-18(15-19(16)28-13-8-6-7-10-22)24-21(25-20(17)27(4)5)23-11-9-12-26(2)3/h14-15H,6-13,22H2,1-5H3,(H,23,24,25). The van der Waals surface area contributed by atoms with Crippen molar-refractivity contribution < 1.29 is 4.74 Å². The topological polar surface area (TPSA) is 79.5 Å². The summed E-state index contributed by atoms with van der Waals surface area (Å²) in [5.74, 6) is 2.47. The van der Waals surface area contributed by atoms with Gasteiger partial charge in [-0.1, -0.05) is 0 Å². The molecule has 2 rings (SSSR count). The quantitative estimate of drug-likeness (QED) is 0.541. The molecule has 1 aromatic heterocycles. The van der Waals surface area contributed by atoms with Gasteiger partial charge in [-0.25, -0.2) is 4.98 Å². The predicted molar refractivity (Wildman–Crippen MR) is 119 cm³/mol. The van der Waals surface area contributed by atoms with Crippen LogP contribution in [0.1, 0.15) is 31.2 Å². The van der Waals surface area contributed by atoms with Crippen molar-refractivity contribution in [3.8, 4) is 5.75 Å². The summed E-state index contributed by atoms with van der Waals surface area (Å²) in [5.41, 5.74) is 7.55. The van der Waals surface area contributed by atoms with Crippen molar-refractivity contribution in [2.24, 2.45) is 5.73 Å². The van der Waals surface area contributed by atoms with Crippen molar-refractivity contribution in [2.45, 2.75) is 32.6 Å². The van der Waals surface area contributed by atoms with Crippen molar-refractivity contribution in [1.29, 1.82) is 0 Å². The third-order valence-corrected chi connectivity index (χ3v) is 4.57. The van der Waals surface area contributed by atoms with Gasteiger partial charge < -0.3 is 25.6 Å². The van der Waals surface area contributed by atoms with Crippen LogP contribution in [-0.4, -0.2) is 69.3 Å². The van der Waals surface area contributed by atoms with Gasteiger partial charge >= 0.3 is 0 Å². The van der Waals surface area contributed by atoms with Crippen molar-refractivity contribution >= 4 is 22.7 Å². The minimum absolute atomic E-state index is 0.660. The molecule has 28 heavy (non-hydrogen) atoms. The molecule has 1 aromatic carbocycles. The highest BCUT2D eigenvalue weighted by Crippen LogP contribution is 2.30. The van der Waals surface area contributed by atoms with Crippen molar-refractivity contribution in [1.82, 2.24) is 14.9 Å². The Morgan fingerprint density at radius 2 is 1.82 bits per heavy atom. The summed E-state index contributed by atoms with van der Waals surface area (Å²) >= 11 is 0. The van der Waals surface area contributed by atoms with Gasteiger partial charge in [0.2, 0.25) is 5.95 Å². The lowest BCUT2D eigenvalue weighted by Gasteiger charge is -2.18. The number of hydrogen-bond acceptors (Lipinski definition) is 7. The normalized spacial score (nSPS) is 11.2. The van der Waals surface area contributed by atoms with Crippen LogP contribution in [0.3, 0.4) is 0 Å². The zero-order valence-electron chi connectivity index (χ0n) is 18.1. The molecule has 7 heteroatoms. The van der Waals surface area contributed by atoms with Gasteiger partial charge in [0, 0.05) is 32.1 Å². The number of aromatic nitrogens is 2. The highest BCUT2D eigenvalue weighted by Gasteiger charge is 2.13. The Morgan fingerprint density at radius 1 is 1.04 bits per heavy atom. The van der Waals surface area contributed by atoms with Gasteiger partial charge in [-0.3, -0.25) is 0 Å². The molecule has 3 N–H and O–H groups in total. The van der Waals surface area contributed by atoms with E-state index in [-0.39, 0.29) is 0 Å². The molecule has 0 saturated carbocycles. The lowest BCUT2D eigenvalue weighted by molar-refractivity contribution is 0.304. The maximum Gasteiger partial charge on any atom is 0.225 e. The monoisotopic (exact) mass is 388 g/mol. The fourth-order valence-corrected chi connectivity index (χ4v) is 3.02. The van der Waals surface area contributed by atoms with E-state index in [4.69, 9.17) is 20.4 Å². The maximum atomic E-state index is 6.02. The zero-order chi connectivity index (χ0) is 20.5. The number of unbranched alkanes of at least 4 members (excludes halogenated alkanes) is 2. The molecule has 0 atom stereocenters. The summed E-state index contributed by atoms with van der Waals surface area (Å²) in [7, 11) is 8.18. The van der Waals surface area contributed by atoms with E-state index in [0.29, 0.717) is 12.6 Å². The number of hydrogen-bond donors (Lipinski definition) is 2. The lowest BCUT2D eigenvalue weighted by Crippen LogP contribution is -2.18. The molecule has 0 unspecified atom stereocenters. The molecule has 0 saturated heterocycles.